The highest BCUT2D eigenvalue weighted by Gasteiger charge is 2.26. The van der Waals surface area contributed by atoms with Crippen molar-refractivity contribution >= 4 is 29.0 Å². The molecule has 1 fully saturated rings. The third kappa shape index (κ3) is 3.39. The Morgan fingerprint density at radius 2 is 2.12 bits per heavy atom. The van der Waals surface area contributed by atoms with Crippen LogP contribution in [-0.2, 0) is 0 Å². The molecule has 3 aromatic heterocycles. The van der Waals surface area contributed by atoms with Gasteiger partial charge < -0.3 is 13.9 Å². The predicted octanol–water partition coefficient (Wildman–Crippen LogP) is 4.16. The van der Waals surface area contributed by atoms with Gasteiger partial charge in [0.1, 0.15) is 10.6 Å². The van der Waals surface area contributed by atoms with Gasteiger partial charge in [-0.05, 0) is 37.6 Å². The molecule has 0 aliphatic carbocycles. The van der Waals surface area contributed by atoms with Crippen LogP contribution >= 0.6 is 23.1 Å². The molecule has 25 heavy (non-hydrogen) atoms. The molecule has 0 aromatic carbocycles. The lowest BCUT2D eigenvalue weighted by Gasteiger charge is -2.19. The van der Waals surface area contributed by atoms with E-state index < -0.39 is 0 Å². The van der Waals surface area contributed by atoms with Crippen molar-refractivity contribution < 1.29 is 9.21 Å². The Labute approximate surface area is 154 Å². The summed E-state index contributed by atoms with van der Waals surface area (Å²) < 4.78 is 7.48. The van der Waals surface area contributed by atoms with Gasteiger partial charge in [0.05, 0.1) is 17.2 Å². The average molecular weight is 374 g/mol. The van der Waals surface area contributed by atoms with Crippen LogP contribution < -0.4 is 0 Å². The van der Waals surface area contributed by atoms with E-state index in [2.05, 4.69) is 4.98 Å². The number of hydrogen-bond acceptors (Lipinski definition) is 5. The lowest BCUT2D eigenvalue weighted by Crippen LogP contribution is -2.32. The Balaban J connectivity index is 1.49. The summed E-state index contributed by atoms with van der Waals surface area (Å²) in [7, 11) is 0. The molecule has 5 nitrogen and oxygen atoms in total. The lowest BCUT2D eigenvalue weighted by atomic mass is 10.2. The second kappa shape index (κ2) is 7.09. The molecule has 130 valence electrons. The maximum atomic E-state index is 13.0. The predicted molar refractivity (Wildman–Crippen MR) is 101 cm³/mol. The van der Waals surface area contributed by atoms with E-state index >= 15 is 0 Å². The fourth-order valence-corrected chi connectivity index (χ4v) is 5.15. The Morgan fingerprint density at radius 3 is 2.88 bits per heavy atom. The van der Waals surface area contributed by atoms with Crippen molar-refractivity contribution in [3.8, 4) is 5.13 Å². The normalized spacial score (nSPS) is 18.3. The van der Waals surface area contributed by atoms with Crippen molar-refractivity contribution in [2.75, 3.05) is 18.8 Å². The number of rotatable bonds is 3. The molecule has 0 spiro atoms. The van der Waals surface area contributed by atoms with E-state index in [0.717, 1.165) is 46.7 Å². The van der Waals surface area contributed by atoms with Gasteiger partial charge in [-0.25, -0.2) is 4.98 Å². The van der Waals surface area contributed by atoms with Crippen molar-refractivity contribution in [2.45, 2.75) is 18.6 Å². The molecule has 1 saturated heterocycles. The first kappa shape index (κ1) is 16.5. The number of thiazole rings is 1. The minimum absolute atomic E-state index is 0.0918. The number of thioether (sulfide) groups is 1. The van der Waals surface area contributed by atoms with E-state index in [9.17, 15) is 4.79 Å². The van der Waals surface area contributed by atoms with Crippen LogP contribution in [-0.4, -0.2) is 39.2 Å². The van der Waals surface area contributed by atoms with Gasteiger partial charge in [-0.2, -0.15) is 0 Å². The standard InChI is InChI=1S/C18H19N3O2S2/c1-13-16(25-18(19-13)21-7-2-3-8-21)17(22)20-9-6-15(24-12-10-20)14-5-4-11-23-14/h2-5,7-8,11,15H,6,9-10,12H2,1H3/t15-/m1/s1. The van der Waals surface area contributed by atoms with E-state index in [0.29, 0.717) is 5.25 Å². The number of hydrogen-bond donors (Lipinski definition) is 0. The van der Waals surface area contributed by atoms with Gasteiger partial charge in [-0.1, -0.05) is 11.3 Å². The Morgan fingerprint density at radius 1 is 1.28 bits per heavy atom. The molecule has 1 atom stereocenters. The van der Waals surface area contributed by atoms with Crippen LogP contribution in [0.25, 0.3) is 5.13 Å². The van der Waals surface area contributed by atoms with E-state index in [1.54, 1.807) is 6.26 Å². The number of carbonyl (C=O) groups excluding carboxylic acids is 1. The highest BCUT2D eigenvalue weighted by molar-refractivity contribution is 7.99. The van der Waals surface area contributed by atoms with Crippen LogP contribution in [0.2, 0.25) is 0 Å². The molecule has 4 heterocycles. The monoisotopic (exact) mass is 373 g/mol. The van der Waals surface area contributed by atoms with Crippen LogP contribution in [0.4, 0.5) is 0 Å². The summed E-state index contributed by atoms with van der Waals surface area (Å²) >= 11 is 3.32. The lowest BCUT2D eigenvalue weighted by molar-refractivity contribution is 0.0770. The van der Waals surface area contributed by atoms with Gasteiger partial charge in [0.15, 0.2) is 5.13 Å². The van der Waals surface area contributed by atoms with Crippen LogP contribution in [0.5, 0.6) is 0 Å². The number of amides is 1. The molecule has 0 unspecified atom stereocenters. The second-order valence-electron chi connectivity index (χ2n) is 5.96. The molecule has 7 heteroatoms. The van der Waals surface area contributed by atoms with Gasteiger partial charge in [0.2, 0.25) is 0 Å². The number of aromatic nitrogens is 2. The van der Waals surface area contributed by atoms with Crippen molar-refractivity contribution in [3.63, 3.8) is 0 Å². The van der Waals surface area contributed by atoms with E-state index in [1.165, 1.54) is 11.3 Å². The summed E-state index contributed by atoms with van der Waals surface area (Å²) in [6.45, 7) is 3.42. The smallest absolute Gasteiger partial charge is 0.265 e. The summed E-state index contributed by atoms with van der Waals surface area (Å²) in [5, 5.41) is 1.16. The van der Waals surface area contributed by atoms with Crippen LogP contribution in [0.15, 0.2) is 47.3 Å². The highest BCUT2D eigenvalue weighted by Crippen LogP contribution is 2.35. The summed E-state index contributed by atoms with van der Waals surface area (Å²) in [6, 6.07) is 7.86. The van der Waals surface area contributed by atoms with Gasteiger partial charge in [0, 0.05) is 31.2 Å². The van der Waals surface area contributed by atoms with Crippen LogP contribution in [0, 0.1) is 6.92 Å². The number of aryl methyl sites for hydroxylation is 1. The van der Waals surface area contributed by atoms with Gasteiger partial charge in [-0.3, -0.25) is 4.79 Å². The summed E-state index contributed by atoms with van der Waals surface area (Å²) in [5.74, 6) is 2.01. The summed E-state index contributed by atoms with van der Waals surface area (Å²) in [6.07, 6.45) is 6.52. The van der Waals surface area contributed by atoms with Crippen LogP contribution in [0.1, 0.15) is 32.8 Å². The molecule has 3 aromatic rings. The summed E-state index contributed by atoms with van der Waals surface area (Å²) in [4.78, 5) is 20.3. The van der Waals surface area contributed by atoms with E-state index in [1.807, 2.05) is 64.8 Å². The largest absolute Gasteiger partial charge is 0.468 e. The van der Waals surface area contributed by atoms with Crippen molar-refractivity contribution in [3.05, 3.63) is 59.3 Å². The zero-order chi connectivity index (χ0) is 17.2. The quantitative estimate of drug-likeness (QED) is 0.692. The molecular formula is C18H19N3O2S2. The van der Waals surface area contributed by atoms with Crippen molar-refractivity contribution in [1.29, 1.82) is 0 Å². The third-order valence-electron chi connectivity index (χ3n) is 4.29. The summed E-state index contributed by atoms with van der Waals surface area (Å²) in [5.41, 5.74) is 0.804. The molecule has 1 aliphatic rings. The van der Waals surface area contributed by atoms with Gasteiger partial charge >= 0.3 is 0 Å². The first-order valence-electron chi connectivity index (χ1n) is 8.27. The Kier molecular flexibility index (Phi) is 4.67. The van der Waals surface area contributed by atoms with Crippen molar-refractivity contribution in [2.24, 2.45) is 0 Å². The van der Waals surface area contributed by atoms with E-state index in [-0.39, 0.29) is 5.91 Å². The highest BCUT2D eigenvalue weighted by atomic mass is 32.2. The second-order valence-corrected chi connectivity index (χ2v) is 8.25. The molecular weight excluding hydrogens is 354 g/mol. The van der Waals surface area contributed by atoms with Gasteiger partial charge in [-0.15, -0.1) is 11.8 Å². The molecule has 1 amide bonds. The molecule has 0 radical (unpaired) electrons. The molecule has 0 saturated carbocycles. The van der Waals surface area contributed by atoms with Crippen LogP contribution in [0.3, 0.4) is 0 Å². The Hall–Kier alpha value is -1.99. The van der Waals surface area contributed by atoms with Gasteiger partial charge in [0.25, 0.3) is 5.91 Å². The van der Waals surface area contributed by atoms with Crippen molar-refractivity contribution in [1.82, 2.24) is 14.5 Å². The fourth-order valence-electron chi connectivity index (χ4n) is 2.97. The zero-order valence-corrected chi connectivity index (χ0v) is 15.6. The topological polar surface area (TPSA) is 51.3 Å². The maximum absolute atomic E-state index is 13.0. The first-order valence-corrected chi connectivity index (χ1v) is 10.1. The zero-order valence-electron chi connectivity index (χ0n) is 13.9. The SMILES string of the molecule is Cc1nc(-n2cccc2)sc1C(=O)N1CCS[C@@H](c2ccco2)CC1. The average Bonchev–Trinajstić information content (AvgIpc) is 3.34. The minimum Gasteiger partial charge on any atom is -0.468 e. The van der Waals surface area contributed by atoms with E-state index in [4.69, 9.17) is 4.42 Å². The number of nitrogens with zero attached hydrogens (tertiary/aromatic N) is 3. The molecule has 0 bridgehead atoms. The molecule has 1 aliphatic heterocycles. The molecule has 0 N–H and O–H groups in total. The third-order valence-corrected chi connectivity index (χ3v) is 6.74. The Bertz CT molecular complexity index is 840. The number of carbonyl (C=O) groups is 1. The minimum atomic E-state index is 0.0918. The fraction of sp³-hybridized carbons (Fsp3) is 0.333. The maximum Gasteiger partial charge on any atom is 0.265 e. The number of furan rings is 1. The first-order chi connectivity index (χ1) is 12.2. The molecule has 4 rings (SSSR count).